The summed E-state index contributed by atoms with van der Waals surface area (Å²) in [4.78, 5) is 0. The Hall–Kier alpha value is -0.950. The van der Waals surface area contributed by atoms with E-state index in [1.807, 2.05) is 61.3 Å². The predicted molar refractivity (Wildman–Crippen MR) is 58.7 cm³/mol. The van der Waals surface area contributed by atoms with Crippen molar-refractivity contribution in [3.05, 3.63) is 40.9 Å². The fourth-order valence-electron chi connectivity index (χ4n) is 0.929. The molecule has 0 unspecified atom stereocenters. The van der Waals surface area contributed by atoms with Gasteiger partial charge >= 0.3 is 0 Å². The van der Waals surface area contributed by atoms with Crippen LogP contribution in [0.3, 0.4) is 0 Å². The molecule has 0 saturated heterocycles. The van der Waals surface area contributed by atoms with Gasteiger partial charge in [0.05, 0.1) is 0 Å². The smallest absolute Gasteiger partial charge is 0.162 e. The predicted octanol–water partition coefficient (Wildman–Crippen LogP) is -2.06. The van der Waals surface area contributed by atoms with E-state index in [0.717, 1.165) is 10.6 Å². The molecule has 0 fully saturated rings. The lowest BCUT2D eigenvalue weighted by Gasteiger charge is -2.17. The number of hydrogen-bond donors (Lipinski definition) is 0. The van der Waals surface area contributed by atoms with Crippen molar-refractivity contribution in [2.24, 2.45) is 0 Å². The largest absolute Gasteiger partial charge is 0.241 e. The molecule has 0 N–H and O–H groups in total. The van der Waals surface area contributed by atoms with Crippen molar-refractivity contribution in [3.63, 3.8) is 0 Å². The van der Waals surface area contributed by atoms with Gasteiger partial charge in [0.2, 0.25) is 0 Å². The fourth-order valence-corrected chi connectivity index (χ4v) is 1.13. The molecule has 5 nitrogen and oxygen atoms in total. The Bertz CT molecular complexity index is 417. The third-order valence-corrected chi connectivity index (χ3v) is 1.91. The zero-order valence-electron chi connectivity index (χ0n) is 9.88. The summed E-state index contributed by atoms with van der Waals surface area (Å²) in [6.45, 7) is 0. The van der Waals surface area contributed by atoms with Crippen LogP contribution >= 0.6 is 11.6 Å². The molecule has 0 aliphatic rings. The lowest BCUT2D eigenvalue weighted by Crippen LogP contribution is -2.68. The first-order chi connectivity index (χ1) is 8.20. The Labute approximate surface area is 113 Å². The summed E-state index contributed by atoms with van der Waals surface area (Å²) in [7, 11) is -0.978. The van der Waals surface area contributed by atoms with Gasteiger partial charge in [-0.3, -0.25) is 0 Å². The highest BCUT2D eigenvalue weighted by atomic mass is 35.7. The van der Waals surface area contributed by atoms with Gasteiger partial charge < -0.3 is 0 Å². The maximum absolute atomic E-state index is 8.49. The van der Waals surface area contributed by atoms with Gasteiger partial charge in [-0.05, 0) is 17.7 Å². The summed E-state index contributed by atoms with van der Waals surface area (Å²) in [6.07, 6.45) is 5.94. The molecule has 7 heteroatoms. The molecular weight excluding hydrogens is 281 g/mol. The average molecular weight is 294 g/mol. The van der Waals surface area contributed by atoms with Gasteiger partial charge in [-0.1, -0.05) is 29.8 Å². The third-order valence-electron chi connectivity index (χ3n) is 1.57. The molecule has 0 spiro atoms. The van der Waals surface area contributed by atoms with Crippen LogP contribution < -0.4 is 18.6 Å². The minimum Gasteiger partial charge on any atom is -0.241 e. The van der Waals surface area contributed by atoms with Crippen LogP contribution in [0.25, 0.3) is 6.08 Å². The second-order valence-corrected chi connectivity index (χ2v) is 4.53. The third kappa shape index (κ3) is 11.5. The highest BCUT2D eigenvalue weighted by Crippen LogP contribution is 2.15. The van der Waals surface area contributed by atoms with Gasteiger partial charge in [0, 0.05) is 11.1 Å². The molecule has 0 aromatic heterocycles. The Kier molecular flexibility index (Phi) is 7.77. The van der Waals surface area contributed by atoms with E-state index in [4.69, 9.17) is 30.2 Å². The molecule has 0 amide bonds. The zero-order chi connectivity index (χ0) is 14.2. The summed E-state index contributed by atoms with van der Waals surface area (Å²) in [5, 5.41) is 0.783. The summed E-state index contributed by atoms with van der Waals surface area (Å²) >= 11 is 5.96. The molecule has 0 atom stereocenters. The minimum absolute atomic E-state index is 0.783. The van der Waals surface area contributed by atoms with Gasteiger partial charge in [-0.2, -0.15) is 0 Å². The number of nitrogens with zero attached hydrogens (tertiary/aromatic N) is 1. The molecule has 1 aromatic rings. The molecule has 0 aliphatic heterocycles. The number of halogens is 2. The van der Waals surface area contributed by atoms with Crippen molar-refractivity contribution in [2.45, 2.75) is 0 Å². The maximum atomic E-state index is 8.49. The van der Waals surface area contributed by atoms with Crippen molar-refractivity contribution in [1.29, 1.82) is 0 Å². The number of rotatable bonds is 2. The maximum Gasteiger partial charge on any atom is 0.162 e. The van der Waals surface area contributed by atoms with Crippen LogP contribution in [0.2, 0.25) is 5.02 Å². The summed E-state index contributed by atoms with van der Waals surface area (Å²) in [5.41, 5.74) is 1.04. The van der Waals surface area contributed by atoms with Gasteiger partial charge in [-0.15, -0.1) is 10.2 Å². The summed E-state index contributed by atoms with van der Waals surface area (Å²) < 4.78 is 36.0. The first kappa shape index (κ1) is 17.1. The van der Waals surface area contributed by atoms with Crippen molar-refractivity contribution in [1.82, 2.24) is 0 Å². The molecule has 0 aliphatic carbocycles. The number of allylic oxidation sites excluding steroid dienone is 1. The average Bonchev–Trinajstić information content (AvgIpc) is 2.18. The van der Waals surface area contributed by atoms with E-state index in [9.17, 15) is 0 Å². The highest BCUT2D eigenvalue weighted by Gasteiger charge is 1.91. The standard InChI is InChI=1S/C11H13ClN.ClHO4/c1-13(2)9-5-7-10-6-3-4-8-11(10)12;2-1(3,4)5/h3-9H,1-2H3;(H,2,3,4,5)/q+1;/p-1/b7-5+;. The quantitative estimate of drug-likeness (QED) is 0.463. The molecule has 0 bridgehead atoms. The van der Waals surface area contributed by atoms with Crippen LogP contribution in [0.15, 0.2) is 30.3 Å². The van der Waals surface area contributed by atoms with E-state index in [0.29, 0.717) is 0 Å². The Morgan fingerprint density at radius 1 is 1.11 bits per heavy atom. The summed E-state index contributed by atoms with van der Waals surface area (Å²) in [5.74, 6) is 0. The first-order valence-electron chi connectivity index (χ1n) is 4.74. The molecular formula is C11H13Cl2NO4. The van der Waals surface area contributed by atoms with Crippen molar-refractivity contribution in [3.8, 4) is 0 Å². The monoisotopic (exact) mass is 293 g/mol. The van der Waals surface area contributed by atoms with Crippen LogP contribution in [-0.4, -0.2) is 24.9 Å². The second kappa shape index (κ2) is 8.20. The van der Waals surface area contributed by atoms with Crippen molar-refractivity contribution < 1.29 is 33.5 Å². The lowest BCUT2D eigenvalue weighted by molar-refractivity contribution is -2.00. The normalized spacial score (nSPS) is 10.8. The van der Waals surface area contributed by atoms with Crippen LogP contribution in [0.4, 0.5) is 0 Å². The van der Waals surface area contributed by atoms with Gasteiger partial charge in [0.1, 0.15) is 14.1 Å². The molecule has 100 valence electrons. The van der Waals surface area contributed by atoms with Gasteiger partial charge in [-0.25, -0.2) is 23.2 Å². The SMILES string of the molecule is C[N+](C)=C/C=C/c1ccccc1Cl.[O-][Cl+3]([O-])([O-])[O-]. The molecule has 0 saturated carbocycles. The van der Waals surface area contributed by atoms with Crippen LogP contribution in [-0.2, 0) is 0 Å². The minimum atomic E-state index is -4.94. The van der Waals surface area contributed by atoms with Gasteiger partial charge in [0.15, 0.2) is 6.21 Å². The van der Waals surface area contributed by atoms with Crippen LogP contribution in [0, 0.1) is 10.2 Å². The lowest BCUT2D eigenvalue weighted by atomic mass is 10.2. The Balaban J connectivity index is 0.000000494. The van der Waals surface area contributed by atoms with Crippen molar-refractivity contribution in [2.75, 3.05) is 14.1 Å². The molecule has 1 aromatic carbocycles. The van der Waals surface area contributed by atoms with E-state index in [2.05, 4.69) is 0 Å². The second-order valence-electron chi connectivity index (χ2n) is 3.37. The first-order valence-corrected chi connectivity index (χ1v) is 6.35. The number of benzene rings is 1. The van der Waals surface area contributed by atoms with Crippen LogP contribution in [0.5, 0.6) is 0 Å². The molecule has 18 heavy (non-hydrogen) atoms. The number of hydrogen-bond acceptors (Lipinski definition) is 4. The van der Waals surface area contributed by atoms with E-state index in [1.165, 1.54) is 0 Å². The Morgan fingerprint density at radius 2 is 1.61 bits per heavy atom. The highest BCUT2D eigenvalue weighted by molar-refractivity contribution is 6.32. The van der Waals surface area contributed by atoms with Crippen LogP contribution in [0.1, 0.15) is 5.56 Å². The van der Waals surface area contributed by atoms with E-state index in [1.54, 1.807) is 0 Å². The van der Waals surface area contributed by atoms with Gasteiger partial charge in [0.25, 0.3) is 0 Å². The zero-order valence-corrected chi connectivity index (χ0v) is 11.4. The Morgan fingerprint density at radius 3 is 2.06 bits per heavy atom. The fraction of sp³-hybridized carbons (Fsp3) is 0.182. The van der Waals surface area contributed by atoms with Crippen molar-refractivity contribution >= 4 is 23.9 Å². The van der Waals surface area contributed by atoms with E-state index in [-0.39, 0.29) is 0 Å². The molecule has 1 rings (SSSR count). The van der Waals surface area contributed by atoms with E-state index < -0.39 is 10.2 Å². The molecule has 0 heterocycles. The summed E-state index contributed by atoms with van der Waals surface area (Å²) in [6, 6.07) is 7.77. The topological polar surface area (TPSA) is 95.2 Å². The van der Waals surface area contributed by atoms with E-state index >= 15 is 0 Å². The molecule has 0 radical (unpaired) electrons.